The van der Waals surface area contributed by atoms with E-state index in [0.29, 0.717) is 12.4 Å². The molecule has 0 saturated carbocycles. The summed E-state index contributed by atoms with van der Waals surface area (Å²) in [6.45, 7) is 0.104. The summed E-state index contributed by atoms with van der Waals surface area (Å²) in [5.41, 5.74) is 2.18. The predicted molar refractivity (Wildman–Crippen MR) is 83.0 cm³/mol. The third-order valence-electron chi connectivity index (χ3n) is 3.03. The molecule has 0 N–H and O–H groups in total. The number of benzene rings is 2. The number of alkyl halides is 1. The van der Waals surface area contributed by atoms with E-state index in [1.165, 1.54) is 0 Å². The van der Waals surface area contributed by atoms with Crippen LogP contribution in [-0.2, 0) is 6.61 Å². The first kappa shape index (κ1) is 15.2. The summed E-state index contributed by atoms with van der Waals surface area (Å²) >= 11 is 0. The summed E-state index contributed by atoms with van der Waals surface area (Å²) in [5, 5.41) is 0. The standard InChI is InChI=1S/C17H20FNO2/c1-19(2)15-5-9-17(10-6-15)21-13-14-3-7-16(8-4-14)20-12-11-18/h3-10H,11-13H2,1-2H3. The van der Waals surface area contributed by atoms with Gasteiger partial charge in [-0.15, -0.1) is 0 Å². The van der Waals surface area contributed by atoms with Gasteiger partial charge >= 0.3 is 0 Å². The molecule has 3 nitrogen and oxygen atoms in total. The molecule has 0 aliphatic rings. The van der Waals surface area contributed by atoms with Crippen LogP contribution in [0.15, 0.2) is 48.5 Å². The van der Waals surface area contributed by atoms with Crippen LogP contribution in [0.5, 0.6) is 11.5 Å². The molecule has 112 valence electrons. The van der Waals surface area contributed by atoms with E-state index in [1.807, 2.05) is 67.5 Å². The fourth-order valence-corrected chi connectivity index (χ4v) is 1.85. The number of hydrogen-bond acceptors (Lipinski definition) is 3. The Morgan fingerprint density at radius 2 is 1.43 bits per heavy atom. The molecule has 0 bridgehead atoms. The number of hydrogen-bond donors (Lipinski definition) is 0. The van der Waals surface area contributed by atoms with Crippen LogP contribution in [0.2, 0.25) is 0 Å². The van der Waals surface area contributed by atoms with Gasteiger partial charge in [0.2, 0.25) is 0 Å². The minimum atomic E-state index is -0.478. The van der Waals surface area contributed by atoms with E-state index in [4.69, 9.17) is 9.47 Å². The molecule has 0 aromatic heterocycles. The molecule has 4 heteroatoms. The molecule has 2 aromatic rings. The van der Waals surface area contributed by atoms with E-state index in [0.717, 1.165) is 17.0 Å². The average Bonchev–Trinajstić information content (AvgIpc) is 2.52. The summed E-state index contributed by atoms with van der Waals surface area (Å²) in [4.78, 5) is 2.04. The lowest BCUT2D eigenvalue weighted by Gasteiger charge is -2.13. The van der Waals surface area contributed by atoms with E-state index in [-0.39, 0.29) is 6.61 Å². The van der Waals surface area contributed by atoms with Crippen LogP contribution in [0, 0.1) is 0 Å². The number of rotatable bonds is 7. The lowest BCUT2D eigenvalue weighted by molar-refractivity contribution is 0.272. The molecule has 0 aliphatic carbocycles. The van der Waals surface area contributed by atoms with Crippen LogP contribution in [0.25, 0.3) is 0 Å². The number of nitrogens with zero attached hydrogens (tertiary/aromatic N) is 1. The highest BCUT2D eigenvalue weighted by atomic mass is 19.1. The average molecular weight is 289 g/mol. The zero-order chi connectivity index (χ0) is 15.1. The van der Waals surface area contributed by atoms with Gasteiger partial charge in [-0.2, -0.15) is 0 Å². The molecule has 21 heavy (non-hydrogen) atoms. The van der Waals surface area contributed by atoms with Gasteiger partial charge in [-0.05, 0) is 42.0 Å². The first-order valence-corrected chi connectivity index (χ1v) is 6.87. The molecular weight excluding hydrogens is 269 g/mol. The summed E-state index contributed by atoms with van der Waals surface area (Å²) < 4.78 is 22.9. The second-order valence-corrected chi connectivity index (χ2v) is 4.86. The smallest absolute Gasteiger partial charge is 0.123 e. The maximum Gasteiger partial charge on any atom is 0.123 e. The van der Waals surface area contributed by atoms with E-state index >= 15 is 0 Å². The Morgan fingerprint density at radius 1 is 0.857 bits per heavy atom. The fourth-order valence-electron chi connectivity index (χ4n) is 1.85. The van der Waals surface area contributed by atoms with Crippen LogP contribution in [0.4, 0.5) is 10.1 Å². The van der Waals surface area contributed by atoms with Gasteiger partial charge in [0.25, 0.3) is 0 Å². The monoisotopic (exact) mass is 289 g/mol. The first-order chi connectivity index (χ1) is 10.2. The fraction of sp³-hybridized carbons (Fsp3) is 0.294. The Balaban J connectivity index is 1.87. The summed E-state index contributed by atoms with van der Waals surface area (Å²) in [7, 11) is 4.00. The van der Waals surface area contributed by atoms with Gasteiger partial charge in [0.1, 0.15) is 31.4 Å². The maximum absolute atomic E-state index is 12.0. The number of halogens is 1. The Kier molecular flexibility index (Phi) is 5.43. The molecule has 0 atom stereocenters. The molecule has 0 unspecified atom stereocenters. The normalized spacial score (nSPS) is 10.2. The zero-order valence-corrected chi connectivity index (χ0v) is 12.4. The molecule has 0 spiro atoms. The lowest BCUT2D eigenvalue weighted by atomic mass is 10.2. The van der Waals surface area contributed by atoms with E-state index in [9.17, 15) is 4.39 Å². The molecule has 2 rings (SSSR count). The highest BCUT2D eigenvalue weighted by Crippen LogP contribution is 2.19. The van der Waals surface area contributed by atoms with Crippen molar-refractivity contribution in [2.45, 2.75) is 6.61 Å². The van der Waals surface area contributed by atoms with Crippen molar-refractivity contribution >= 4 is 5.69 Å². The number of anilines is 1. The van der Waals surface area contributed by atoms with Crippen LogP contribution < -0.4 is 14.4 Å². The molecule has 2 aromatic carbocycles. The third-order valence-corrected chi connectivity index (χ3v) is 3.03. The van der Waals surface area contributed by atoms with Gasteiger partial charge in [0.15, 0.2) is 0 Å². The van der Waals surface area contributed by atoms with Gasteiger partial charge in [0, 0.05) is 19.8 Å². The molecule has 0 aliphatic heterocycles. The third kappa shape index (κ3) is 4.67. The minimum absolute atomic E-state index is 0.0913. The van der Waals surface area contributed by atoms with Gasteiger partial charge < -0.3 is 14.4 Å². The van der Waals surface area contributed by atoms with Gasteiger partial charge in [0.05, 0.1) is 0 Å². The summed E-state index contributed by atoms with van der Waals surface area (Å²) in [6.07, 6.45) is 0. The zero-order valence-electron chi connectivity index (χ0n) is 12.4. The van der Waals surface area contributed by atoms with Crippen LogP contribution >= 0.6 is 0 Å². The van der Waals surface area contributed by atoms with Gasteiger partial charge in [-0.1, -0.05) is 12.1 Å². The molecule has 0 saturated heterocycles. The Morgan fingerprint density at radius 3 is 2.00 bits per heavy atom. The van der Waals surface area contributed by atoms with E-state index in [1.54, 1.807) is 0 Å². The second kappa shape index (κ2) is 7.53. The van der Waals surface area contributed by atoms with Crippen LogP contribution in [0.1, 0.15) is 5.56 Å². The quantitative estimate of drug-likeness (QED) is 0.776. The second-order valence-electron chi connectivity index (χ2n) is 4.86. The first-order valence-electron chi connectivity index (χ1n) is 6.87. The SMILES string of the molecule is CN(C)c1ccc(OCc2ccc(OCCF)cc2)cc1. The van der Waals surface area contributed by atoms with Crippen molar-refractivity contribution in [3.05, 3.63) is 54.1 Å². The van der Waals surface area contributed by atoms with Crippen LogP contribution in [-0.4, -0.2) is 27.4 Å². The van der Waals surface area contributed by atoms with Gasteiger partial charge in [-0.25, -0.2) is 4.39 Å². The molecule has 0 amide bonds. The largest absolute Gasteiger partial charge is 0.491 e. The lowest BCUT2D eigenvalue weighted by Crippen LogP contribution is -2.08. The molecule has 0 fully saturated rings. The van der Waals surface area contributed by atoms with E-state index < -0.39 is 6.67 Å². The van der Waals surface area contributed by atoms with Crippen molar-refractivity contribution in [3.8, 4) is 11.5 Å². The molecule has 0 radical (unpaired) electrons. The topological polar surface area (TPSA) is 21.7 Å². The van der Waals surface area contributed by atoms with Crippen LogP contribution in [0.3, 0.4) is 0 Å². The molecule has 0 heterocycles. The van der Waals surface area contributed by atoms with Gasteiger partial charge in [-0.3, -0.25) is 0 Å². The van der Waals surface area contributed by atoms with E-state index in [2.05, 4.69) is 0 Å². The van der Waals surface area contributed by atoms with Crippen molar-refractivity contribution in [1.82, 2.24) is 0 Å². The summed E-state index contributed by atoms with van der Waals surface area (Å²) in [5.74, 6) is 1.50. The highest BCUT2D eigenvalue weighted by Gasteiger charge is 1.99. The Hall–Kier alpha value is -2.23. The Bertz CT molecular complexity index is 538. The highest BCUT2D eigenvalue weighted by molar-refractivity contribution is 5.47. The molecular formula is C17H20FNO2. The number of ether oxygens (including phenoxy) is 2. The van der Waals surface area contributed by atoms with Crippen molar-refractivity contribution in [1.29, 1.82) is 0 Å². The van der Waals surface area contributed by atoms with Crippen molar-refractivity contribution in [3.63, 3.8) is 0 Å². The van der Waals surface area contributed by atoms with Crippen molar-refractivity contribution < 1.29 is 13.9 Å². The van der Waals surface area contributed by atoms with Crippen molar-refractivity contribution in [2.75, 3.05) is 32.3 Å². The van der Waals surface area contributed by atoms with Crippen molar-refractivity contribution in [2.24, 2.45) is 0 Å². The Labute approximate surface area is 124 Å². The predicted octanol–water partition coefficient (Wildman–Crippen LogP) is 3.68. The summed E-state index contributed by atoms with van der Waals surface area (Å²) in [6, 6.07) is 15.4. The maximum atomic E-state index is 12.0. The minimum Gasteiger partial charge on any atom is -0.491 e.